The monoisotopic (exact) mass is 266 g/mol. The molecule has 5 nitrogen and oxygen atoms in total. The van der Waals surface area contributed by atoms with E-state index in [1.54, 1.807) is 13.1 Å². The van der Waals surface area contributed by atoms with Crippen LogP contribution in [0.1, 0.15) is 12.5 Å². The lowest BCUT2D eigenvalue weighted by Gasteiger charge is -2.12. The van der Waals surface area contributed by atoms with E-state index < -0.39 is 0 Å². The molecule has 1 N–H and O–H groups in total. The number of H-pyrrole nitrogens is 1. The van der Waals surface area contributed by atoms with Crippen LogP contribution in [0.5, 0.6) is 0 Å². The van der Waals surface area contributed by atoms with Crippen LogP contribution in [0.2, 0.25) is 0 Å². The molecule has 0 saturated heterocycles. The van der Waals surface area contributed by atoms with Gasteiger partial charge >= 0.3 is 5.97 Å². The molecule has 6 heteroatoms. The highest BCUT2D eigenvalue weighted by Gasteiger charge is 2.18. The van der Waals surface area contributed by atoms with E-state index in [2.05, 4.69) is 11.1 Å². The van der Waals surface area contributed by atoms with Crippen LogP contribution >= 0.6 is 11.8 Å². The van der Waals surface area contributed by atoms with Gasteiger partial charge < -0.3 is 9.64 Å². The highest BCUT2D eigenvalue weighted by atomic mass is 32.2. The summed E-state index contributed by atoms with van der Waals surface area (Å²) in [6, 6.07) is 3.98. The average molecular weight is 266 g/mol. The van der Waals surface area contributed by atoms with Crippen molar-refractivity contribution in [1.29, 1.82) is 5.26 Å². The molecular formula is C12H16N3O2S+. The van der Waals surface area contributed by atoms with Crippen molar-refractivity contribution in [1.82, 2.24) is 0 Å². The third-order valence-corrected chi connectivity index (χ3v) is 3.16. The van der Waals surface area contributed by atoms with Crippen molar-refractivity contribution >= 4 is 23.4 Å². The summed E-state index contributed by atoms with van der Waals surface area (Å²) < 4.78 is 4.85. The maximum Gasteiger partial charge on any atom is 0.316 e. The number of rotatable bonds is 5. The lowest BCUT2D eigenvalue weighted by atomic mass is 10.2. The molecule has 0 aliphatic rings. The Kier molecular flexibility index (Phi) is 5.46. The first-order valence-corrected chi connectivity index (χ1v) is 6.49. The lowest BCUT2D eigenvalue weighted by molar-refractivity contribution is -0.426. The van der Waals surface area contributed by atoms with E-state index in [1.807, 2.05) is 25.1 Å². The zero-order valence-electron chi connectivity index (χ0n) is 10.7. The molecule has 96 valence electrons. The Bertz CT molecular complexity index is 469. The molecule has 0 amide bonds. The standard InChI is InChI=1S/C12H15N3O2S/c1-4-17-11(16)8-18-12-9(7-13)10(15(2)3)5-6-14-12/h5-6H,4,8H2,1-3H3/p+1. The summed E-state index contributed by atoms with van der Waals surface area (Å²) in [5.41, 5.74) is 1.36. The number of hydrogen-bond acceptors (Lipinski definition) is 5. The molecule has 0 unspecified atom stereocenters. The molecule has 1 aromatic heterocycles. The van der Waals surface area contributed by atoms with Gasteiger partial charge in [-0.3, -0.25) is 4.79 Å². The van der Waals surface area contributed by atoms with E-state index in [1.165, 1.54) is 11.8 Å². The first-order valence-electron chi connectivity index (χ1n) is 5.50. The Morgan fingerprint density at radius 1 is 1.61 bits per heavy atom. The zero-order valence-corrected chi connectivity index (χ0v) is 11.5. The zero-order chi connectivity index (χ0) is 13.5. The van der Waals surface area contributed by atoms with Gasteiger partial charge in [0.15, 0.2) is 11.8 Å². The smallest absolute Gasteiger partial charge is 0.316 e. The van der Waals surface area contributed by atoms with Gasteiger partial charge in [0, 0.05) is 20.2 Å². The fraction of sp³-hybridized carbons (Fsp3) is 0.417. The molecule has 0 aliphatic carbocycles. The van der Waals surface area contributed by atoms with Gasteiger partial charge in [0.2, 0.25) is 0 Å². The Morgan fingerprint density at radius 3 is 2.89 bits per heavy atom. The summed E-state index contributed by atoms with van der Waals surface area (Å²) in [4.78, 5) is 16.1. The van der Waals surface area contributed by atoms with E-state index in [4.69, 9.17) is 4.74 Å². The number of aromatic nitrogens is 1. The molecule has 0 bridgehead atoms. The van der Waals surface area contributed by atoms with E-state index >= 15 is 0 Å². The van der Waals surface area contributed by atoms with E-state index in [-0.39, 0.29) is 11.7 Å². The molecule has 1 aromatic rings. The first kappa shape index (κ1) is 14.3. The highest BCUT2D eigenvalue weighted by molar-refractivity contribution is 7.99. The van der Waals surface area contributed by atoms with Crippen molar-refractivity contribution in [2.75, 3.05) is 31.4 Å². The second-order valence-electron chi connectivity index (χ2n) is 3.67. The van der Waals surface area contributed by atoms with Crippen LogP contribution in [0.4, 0.5) is 5.69 Å². The van der Waals surface area contributed by atoms with Crippen molar-refractivity contribution in [3.05, 3.63) is 17.8 Å². The Morgan fingerprint density at radius 2 is 2.33 bits per heavy atom. The summed E-state index contributed by atoms with van der Waals surface area (Å²) >= 11 is 1.27. The topological polar surface area (TPSA) is 67.5 Å². The summed E-state index contributed by atoms with van der Waals surface area (Å²) in [5, 5.41) is 9.87. The van der Waals surface area contributed by atoms with Gasteiger partial charge in [-0.2, -0.15) is 5.26 Å². The van der Waals surface area contributed by atoms with Crippen LogP contribution in [-0.2, 0) is 9.53 Å². The summed E-state index contributed by atoms with van der Waals surface area (Å²) in [5.74, 6) is -0.0920. The number of nitriles is 1. The van der Waals surface area contributed by atoms with Crippen molar-refractivity contribution in [2.24, 2.45) is 0 Å². The minimum absolute atomic E-state index is 0.190. The third kappa shape index (κ3) is 3.64. The predicted molar refractivity (Wildman–Crippen MR) is 69.4 cm³/mol. The molecular weight excluding hydrogens is 250 g/mol. The van der Waals surface area contributed by atoms with Crippen LogP contribution in [0.15, 0.2) is 17.3 Å². The number of nitrogens with zero attached hydrogens (tertiary/aromatic N) is 2. The van der Waals surface area contributed by atoms with Crippen LogP contribution in [-0.4, -0.2) is 32.4 Å². The van der Waals surface area contributed by atoms with Crippen LogP contribution in [0, 0.1) is 11.3 Å². The molecule has 0 atom stereocenters. The predicted octanol–water partition coefficient (Wildman–Crippen LogP) is 1.09. The Balaban J connectivity index is 2.87. The van der Waals surface area contributed by atoms with Crippen molar-refractivity contribution in [3.63, 3.8) is 0 Å². The van der Waals surface area contributed by atoms with Gasteiger partial charge in [-0.1, -0.05) is 0 Å². The quantitative estimate of drug-likeness (QED) is 0.589. The molecule has 0 spiro atoms. The minimum atomic E-state index is -0.282. The van der Waals surface area contributed by atoms with E-state index in [0.717, 1.165) is 5.69 Å². The van der Waals surface area contributed by atoms with Gasteiger partial charge in [-0.25, -0.2) is 4.98 Å². The number of nitrogens with one attached hydrogen (secondary N) is 1. The number of ether oxygens (including phenoxy) is 1. The molecule has 0 fully saturated rings. The normalized spacial score (nSPS) is 9.67. The fourth-order valence-corrected chi connectivity index (χ4v) is 2.19. The van der Waals surface area contributed by atoms with Gasteiger partial charge in [0.1, 0.15) is 11.8 Å². The van der Waals surface area contributed by atoms with Crippen LogP contribution in [0.25, 0.3) is 0 Å². The molecule has 1 rings (SSSR count). The largest absolute Gasteiger partial charge is 0.465 e. The second kappa shape index (κ2) is 6.87. The first-order chi connectivity index (χ1) is 8.60. The number of aromatic amines is 1. The maximum absolute atomic E-state index is 11.3. The summed E-state index contributed by atoms with van der Waals surface area (Å²) in [6.07, 6.45) is 1.75. The maximum atomic E-state index is 11.3. The molecule has 0 aromatic carbocycles. The van der Waals surface area contributed by atoms with Gasteiger partial charge in [-0.05, 0) is 18.7 Å². The van der Waals surface area contributed by atoms with Gasteiger partial charge in [0.05, 0.1) is 12.3 Å². The SMILES string of the molecule is CCOC(=O)CSc1[nH+]ccc(N(C)C)c1C#N. The van der Waals surface area contributed by atoms with Gasteiger partial charge in [0.25, 0.3) is 5.03 Å². The summed E-state index contributed by atoms with van der Waals surface area (Å²) in [7, 11) is 3.74. The summed E-state index contributed by atoms with van der Waals surface area (Å²) in [6.45, 7) is 2.13. The molecule has 1 heterocycles. The Labute approximate surface area is 111 Å². The number of carbonyl (C=O) groups is 1. The average Bonchev–Trinajstić information content (AvgIpc) is 2.36. The number of hydrogen-bond donors (Lipinski definition) is 0. The molecule has 0 saturated carbocycles. The van der Waals surface area contributed by atoms with Crippen molar-refractivity contribution in [2.45, 2.75) is 11.9 Å². The number of carbonyl (C=O) groups excluding carboxylic acids is 1. The minimum Gasteiger partial charge on any atom is -0.465 e. The number of anilines is 1. The second-order valence-corrected chi connectivity index (χ2v) is 4.65. The van der Waals surface area contributed by atoms with Crippen LogP contribution < -0.4 is 9.88 Å². The lowest BCUT2D eigenvalue weighted by Crippen LogP contribution is -2.17. The van der Waals surface area contributed by atoms with Crippen molar-refractivity contribution in [3.8, 4) is 6.07 Å². The molecule has 0 radical (unpaired) electrons. The fourth-order valence-electron chi connectivity index (χ4n) is 1.40. The highest BCUT2D eigenvalue weighted by Crippen LogP contribution is 2.25. The van der Waals surface area contributed by atoms with Crippen molar-refractivity contribution < 1.29 is 14.5 Å². The van der Waals surface area contributed by atoms with E-state index in [9.17, 15) is 10.1 Å². The number of pyridine rings is 1. The molecule has 0 aliphatic heterocycles. The van der Waals surface area contributed by atoms with E-state index in [0.29, 0.717) is 17.2 Å². The van der Waals surface area contributed by atoms with Crippen LogP contribution in [0.3, 0.4) is 0 Å². The van der Waals surface area contributed by atoms with Gasteiger partial charge in [-0.15, -0.1) is 0 Å². The third-order valence-electron chi connectivity index (χ3n) is 2.17. The number of esters is 1. The number of thioether (sulfide) groups is 1. The molecule has 18 heavy (non-hydrogen) atoms. The Hall–Kier alpha value is -1.74.